The third kappa shape index (κ3) is 20.4. The summed E-state index contributed by atoms with van der Waals surface area (Å²) in [5.41, 5.74) is 8.63. The third-order valence-corrected chi connectivity index (χ3v) is 17.7. The zero-order chi connectivity index (χ0) is 67.9. The topological polar surface area (TPSA) is 330 Å². The fourth-order valence-electron chi connectivity index (χ4n) is 12.0. The highest BCUT2D eigenvalue weighted by molar-refractivity contribution is 5.96. The van der Waals surface area contributed by atoms with Gasteiger partial charge in [-0.15, -0.1) is 0 Å². The van der Waals surface area contributed by atoms with Gasteiger partial charge in [0, 0.05) is 76.0 Å². The van der Waals surface area contributed by atoms with Crippen LogP contribution in [0.4, 0.5) is 14.4 Å². The molecule has 3 heterocycles. The maximum Gasteiger partial charge on any atom is 0.410 e. The molecule has 0 bridgehead atoms. The van der Waals surface area contributed by atoms with Crippen molar-refractivity contribution in [2.45, 2.75) is 186 Å². The third-order valence-electron chi connectivity index (χ3n) is 17.7. The van der Waals surface area contributed by atoms with Crippen LogP contribution in [0.2, 0.25) is 0 Å². The highest BCUT2D eigenvalue weighted by atomic mass is 16.6. The number of ether oxygens (including phenoxy) is 6. The SMILES string of the molecule is CC[C@H](O)[C@@H](C)[C@H]1O[C@@H]1C[C@@](C)(O)/C=C/C=C(\C)[C@H]1OC(=O)C[C@H](O)CC[C@@](C)(OC(C)=O)[C@@H](OC(=O)N2CCN(C(=O)OCc3ccc(CC(=O)[C@H](CC(N)=O)NC(=O)[C@H](C)CC(=O)[C@H](C)NC(=O)OCC4c5ccccc5-c5ccccc54)cc3)CC2)/C=C/[C@@H]1C. The second-order valence-corrected chi connectivity index (χ2v) is 25.5. The number of carbonyl (C=O) groups is 9. The molecule has 7 rings (SSSR count). The molecule has 1 aliphatic carbocycles. The summed E-state index contributed by atoms with van der Waals surface area (Å²) in [6.07, 6.45) is 1.44. The number of nitrogens with one attached hydrogen (secondary N) is 2. The van der Waals surface area contributed by atoms with Crippen LogP contribution in [0.5, 0.6) is 0 Å². The number of rotatable bonds is 25. The number of cyclic esters (lactones) is 1. The number of hydrogen-bond donors (Lipinski definition) is 6. The molecule has 13 atom stereocenters. The number of amides is 5. The van der Waals surface area contributed by atoms with Crippen LogP contribution in [-0.4, -0.2) is 171 Å². The lowest BCUT2D eigenvalue weighted by Gasteiger charge is -2.38. The number of esters is 2. The van der Waals surface area contributed by atoms with E-state index in [1.54, 1.807) is 82.3 Å². The van der Waals surface area contributed by atoms with Gasteiger partial charge in [-0.3, -0.25) is 28.8 Å². The number of fused-ring (bicyclic) bond motifs is 3. The van der Waals surface area contributed by atoms with Crippen molar-refractivity contribution >= 4 is 53.6 Å². The van der Waals surface area contributed by atoms with Gasteiger partial charge in [-0.2, -0.15) is 0 Å². The highest BCUT2D eigenvalue weighted by Crippen LogP contribution is 2.45. The second-order valence-electron chi connectivity index (χ2n) is 25.5. The van der Waals surface area contributed by atoms with Gasteiger partial charge >= 0.3 is 30.2 Å². The zero-order valence-corrected chi connectivity index (χ0v) is 54.6. The van der Waals surface area contributed by atoms with Gasteiger partial charge in [0.25, 0.3) is 0 Å². The lowest BCUT2D eigenvalue weighted by atomic mass is 9.88. The maximum atomic E-state index is 14.0. The van der Waals surface area contributed by atoms with Crippen molar-refractivity contribution in [1.82, 2.24) is 20.4 Å². The van der Waals surface area contributed by atoms with Crippen molar-refractivity contribution in [1.29, 1.82) is 0 Å². The lowest BCUT2D eigenvalue weighted by molar-refractivity contribution is -0.168. The molecule has 5 amide bonds. The molecule has 23 heteroatoms. The number of nitrogens with zero attached hydrogens (tertiary/aromatic N) is 2. The largest absolute Gasteiger partial charge is 0.457 e. The Hall–Kier alpha value is -8.25. The quantitative estimate of drug-likeness (QED) is 0.0160. The van der Waals surface area contributed by atoms with Crippen molar-refractivity contribution in [3.63, 3.8) is 0 Å². The van der Waals surface area contributed by atoms with E-state index in [4.69, 9.17) is 34.2 Å². The number of primary amides is 1. The fourth-order valence-corrected chi connectivity index (χ4v) is 12.0. The van der Waals surface area contributed by atoms with Crippen molar-refractivity contribution in [2.75, 3.05) is 32.8 Å². The van der Waals surface area contributed by atoms with Crippen molar-refractivity contribution in [3.8, 4) is 11.1 Å². The summed E-state index contributed by atoms with van der Waals surface area (Å²) in [7, 11) is 0. The molecule has 93 heavy (non-hydrogen) atoms. The van der Waals surface area contributed by atoms with E-state index in [1.807, 2.05) is 62.4 Å². The minimum Gasteiger partial charge on any atom is -0.457 e. The van der Waals surface area contributed by atoms with E-state index in [-0.39, 0.29) is 95.5 Å². The normalized spacial score (nSPS) is 24.3. The fraction of sp³-hybridized carbons (Fsp3) is 0.529. The summed E-state index contributed by atoms with van der Waals surface area (Å²) in [5, 5.41) is 37.6. The van der Waals surface area contributed by atoms with Crippen LogP contribution in [0.3, 0.4) is 0 Å². The molecule has 504 valence electrons. The summed E-state index contributed by atoms with van der Waals surface area (Å²) < 4.78 is 34.9. The monoisotopic (exact) mass is 1290 g/mol. The number of nitrogens with two attached hydrogens (primary N) is 1. The molecule has 2 saturated heterocycles. The summed E-state index contributed by atoms with van der Waals surface area (Å²) in [4.78, 5) is 121. The van der Waals surface area contributed by atoms with E-state index in [0.29, 0.717) is 29.5 Å². The predicted molar refractivity (Wildman–Crippen MR) is 341 cm³/mol. The second kappa shape index (κ2) is 32.5. The minimum absolute atomic E-state index is 0.00472. The number of epoxide rings is 1. The van der Waals surface area contributed by atoms with E-state index >= 15 is 0 Å². The zero-order valence-electron chi connectivity index (χ0n) is 54.6. The van der Waals surface area contributed by atoms with Crippen LogP contribution < -0.4 is 16.4 Å². The van der Waals surface area contributed by atoms with Crippen LogP contribution in [0.25, 0.3) is 11.1 Å². The molecule has 3 aromatic rings. The number of aliphatic hydroxyl groups excluding tert-OH is 2. The Bertz CT molecular complexity index is 3220. The molecule has 3 aliphatic heterocycles. The van der Waals surface area contributed by atoms with E-state index in [9.17, 15) is 58.5 Å². The van der Waals surface area contributed by atoms with Gasteiger partial charge in [0.2, 0.25) is 11.8 Å². The van der Waals surface area contributed by atoms with Crippen LogP contribution in [0.15, 0.2) is 109 Å². The molecule has 23 nitrogen and oxygen atoms in total. The van der Waals surface area contributed by atoms with Gasteiger partial charge < -0.3 is 69.9 Å². The van der Waals surface area contributed by atoms with Crippen LogP contribution >= 0.6 is 0 Å². The van der Waals surface area contributed by atoms with E-state index in [1.165, 1.54) is 30.6 Å². The molecule has 0 aromatic heterocycles. The summed E-state index contributed by atoms with van der Waals surface area (Å²) in [5.74, 6) is -5.57. The number of hydrogen-bond acceptors (Lipinski definition) is 18. The van der Waals surface area contributed by atoms with E-state index in [2.05, 4.69) is 10.6 Å². The molecular weight excluding hydrogens is 1200 g/mol. The summed E-state index contributed by atoms with van der Waals surface area (Å²) in [6.45, 7) is 15.0. The number of carbonyl (C=O) groups excluding carboxylic acids is 9. The Labute approximate surface area is 543 Å². The molecule has 3 aromatic carbocycles. The van der Waals surface area contributed by atoms with Gasteiger partial charge in [0.1, 0.15) is 24.9 Å². The molecular formula is C70H91N5O18. The summed E-state index contributed by atoms with van der Waals surface area (Å²) in [6, 6.07) is 20.0. The van der Waals surface area contributed by atoms with Crippen molar-refractivity contribution < 1.29 is 86.9 Å². The van der Waals surface area contributed by atoms with Crippen LogP contribution in [0.1, 0.15) is 135 Å². The molecule has 4 aliphatic rings. The van der Waals surface area contributed by atoms with E-state index < -0.39 is 120 Å². The molecule has 7 N–H and O–H groups in total. The standard InChI is InChI=1S/C70H91N5O18/c1-10-56(78)44(5)64-59(90-64)38-69(8,87)28-15-16-41(2)63-42(3)21-26-60(70(9,93-46(7)76)29-27-49(77)36-62(82)92-63)91-68(86)75-32-30-74(31-33-75)67(85)89-39-48-24-22-47(23-25-48)35-58(80)55(37-61(71)81)73-65(83)43(4)34-57(79)45(6)72-66(84)88-40-54-52-19-13-11-17-50(52)51-18-12-14-20-53(51)54/h11-26,28,42-45,49,54-56,59-60,63-64,77-78,87H,10,27,29-40H2,1-9H3,(H2,71,81)(H,72,84)(H,73,83)/b26-21+,28-15+,41-16+/t42-,43+,44+,45-,49+,55-,56-,59+,60-,63+,64+,69-,70+/m0/s1. The van der Waals surface area contributed by atoms with Gasteiger partial charge in [-0.05, 0) is 92.0 Å². The van der Waals surface area contributed by atoms with Gasteiger partial charge in [-0.25, -0.2) is 14.4 Å². The average Bonchev–Trinajstić information content (AvgIpc) is 1.64. The van der Waals surface area contributed by atoms with Crippen molar-refractivity contribution in [2.24, 2.45) is 23.5 Å². The minimum atomic E-state index is -1.50. The number of benzene rings is 3. The number of allylic oxidation sites excluding steroid dienone is 2. The number of Topliss-reactive ketones (excluding diaryl/α,β-unsaturated/α-hetero) is 2. The first-order chi connectivity index (χ1) is 44.0. The lowest BCUT2D eigenvalue weighted by Crippen LogP contribution is -2.53. The average molecular weight is 1290 g/mol. The molecule has 0 radical (unpaired) electrons. The molecule has 0 saturated carbocycles. The Balaban J connectivity index is 0.871. The number of ketones is 2. The number of piperazine rings is 1. The number of alkyl carbamates (subject to hydrolysis) is 1. The Morgan fingerprint density at radius 2 is 1.45 bits per heavy atom. The van der Waals surface area contributed by atoms with Gasteiger partial charge in [0.15, 0.2) is 17.7 Å². The first-order valence-corrected chi connectivity index (χ1v) is 31.9. The molecule has 0 unspecified atom stereocenters. The van der Waals surface area contributed by atoms with Crippen LogP contribution in [-0.2, 0) is 70.2 Å². The van der Waals surface area contributed by atoms with Crippen molar-refractivity contribution in [3.05, 3.63) is 131 Å². The van der Waals surface area contributed by atoms with E-state index in [0.717, 1.165) is 22.3 Å². The molecule has 2 fully saturated rings. The summed E-state index contributed by atoms with van der Waals surface area (Å²) >= 11 is 0. The maximum absolute atomic E-state index is 14.0. The van der Waals surface area contributed by atoms with Gasteiger partial charge in [-0.1, -0.05) is 125 Å². The number of aliphatic hydroxyl groups is 3. The Morgan fingerprint density at radius 3 is 2.06 bits per heavy atom. The highest BCUT2D eigenvalue weighted by Gasteiger charge is 2.48. The van der Waals surface area contributed by atoms with Crippen LogP contribution in [0, 0.1) is 17.8 Å². The molecule has 0 spiro atoms. The van der Waals surface area contributed by atoms with Gasteiger partial charge in [0.05, 0.1) is 54.9 Å². The Kier molecular flexibility index (Phi) is 25.3. The first kappa shape index (κ1) is 72.2. The smallest absolute Gasteiger partial charge is 0.410 e. The Morgan fingerprint density at radius 1 is 0.839 bits per heavy atom. The first-order valence-electron chi connectivity index (χ1n) is 31.9. The predicted octanol–water partition coefficient (Wildman–Crippen LogP) is 7.23.